The number of nitrogens with zero attached hydrogens (tertiary/aromatic N) is 3. The number of hydrogen-bond donors (Lipinski definition) is 1. The van der Waals surface area contributed by atoms with Crippen molar-refractivity contribution in [2.24, 2.45) is 0 Å². The second kappa shape index (κ2) is 9.38. The molecule has 2 heterocycles. The van der Waals surface area contributed by atoms with Gasteiger partial charge in [-0.1, -0.05) is 42.5 Å². The van der Waals surface area contributed by atoms with Crippen LogP contribution in [0.3, 0.4) is 0 Å². The smallest absolute Gasteiger partial charge is 0.257 e. The van der Waals surface area contributed by atoms with E-state index in [4.69, 9.17) is 9.15 Å². The van der Waals surface area contributed by atoms with Crippen LogP contribution in [0.1, 0.15) is 19.7 Å². The summed E-state index contributed by atoms with van der Waals surface area (Å²) in [5.41, 5.74) is 0. The highest BCUT2D eigenvalue weighted by Crippen LogP contribution is 2.26. The molecule has 0 fully saturated rings. The van der Waals surface area contributed by atoms with Gasteiger partial charge in [-0.05, 0) is 36.7 Å². The average molecular weight is 424 g/mol. The Hall–Kier alpha value is -2.74. The summed E-state index contributed by atoms with van der Waals surface area (Å²) < 4.78 is 11.7. The van der Waals surface area contributed by atoms with Crippen molar-refractivity contribution in [2.45, 2.75) is 32.5 Å². The van der Waals surface area contributed by atoms with Crippen LogP contribution in [0, 0.1) is 0 Å². The maximum absolute atomic E-state index is 10.6. The molecule has 1 atom stereocenters. The van der Waals surface area contributed by atoms with Gasteiger partial charge in [0.15, 0.2) is 0 Å². The van der Waals surface area contributed by atoms with Crippen molar-refractivity contribution in [3.05, 3.63) is 65.9 Å². The predicted molar refractivity (Wildman–Crippen MR) is 119 cm³/mol. The summed E-state index contributed by atoms with van der Waals surface area (Å²) >= 11 is 1.56. The van der Waals surface area contributed by atoms with Gasteiger partial charge in [0.05, 0.1) is 11.4 Å². The molecule has 0 aliphatic heterocycles. The maximum Gasteiger partial charge on any atom is 0.257 e. The molecule has 6 nitrogen and oxygen atoms in total. The van der Waals surface area contributed by atoms with Gasteiger partial charge in [0, 0.05) is 18.0 Å². The average Bonchev–Trinajstić information content (AvgIpc) is 3.43. The third-order valence-electron chi connectivity index (χ3n) is 4.89. The number of fused-ring (bicyclic) bond motifs is 1. The van der Waals surface area contributed by atoms with E-state index in [2.05, 4.69) is 28.9 Å². The Kier molecular flexibility index (Phi) is 6.42. The minimum Gasteiger partial charge on any atom is -0.490 e. The van der Waals surface area contributed by atoms with E-state index in [-0.39, 0.29) is 12.6 Å². The number of benzene rings is 2. The normalized spacial score (nSPS) is 12.7. The van der Waals surface area contributed by atoms with Gasteiger partial charge >= 0.3 is 0 Å². The highest BCUT2D eigenvalue weighted by atomic mass is 32.1. The van der Waals surface area contributed by atoms with Gasteiger partial charge in [-0.3, -0.25) is 4.90 Å². The Morgan fingerprint density at radius 3 is 2.70 bits per heavy atom. The minimum absolute atomic E-state index is 0.203. The predicted octanol–water partition coefficient (Wildman–Crippen LogP) is 4.60. The lowest BCUT2D eigenvalue weighted by Crippen LogP contribution is -2.39. The van der Waals surface area contributed by atoms with Gasteiger partial charge in [0.25, 0.3) is 5.89 Å². The molecular weight excluding hydrogens is 398 g/mol. The lowest BCUT2D eigenvalue weighted by molar-refractivity contribution is 0.0513. The summed E-state index contributed by atoms with van der Waals surface area (Å²) in [7, 11) is 0. The summed E-state index contributed by atoms with van der Waals surface area (Å²) in [5, 5.41) is 23.0. The van der Waals surface area contributed by atoms with Gasteiger partial charge < -0.3 is 14.3 Å². The molecule has 0 spiro atoms. The summed E-state index contributed by atoms with van der Waals surface area (Å²) in [4.78, 5) is 3.05. The van der Waals surface area contributed by atoms with Crippen LogP contribution in [0.25, 0.3) is 21.5 Å². The van der Waals surface area contributed by atoms with E-state index < -0.39 is 6.10 Å². The second-order valence-corrected chi connectivity index (χ2v) is 8.39. The van der Waals surface area contributed by atoms with Crippen LogP contribution < -0.4 is 4.74 Å². The quantitative estimate of drug-likeness (QED) is 0.424. The zero-order valence-corrected chi connectivity index (χ0v) is 17.9. The largest absolute Gasteiger partial charge is 0.490 e. The Balaban J connectivity index is 1.37. The van der Waals surface area contributed by atoms with Crippen molar-refractivity contribution in [2.75, 3.05) is 13.2 Å². The van der Waals surface area contributed by atoms with Gasteiger partial charge in [0.1, 0.15) is 18.5 Å². The molecule has 4 rings (SSSR count). The Labute approximate surface area is 179 Å². The third kappa shape index (κ3) is 4.87. The first kappa shape index (κ1) is 20.5. The molecule has 0 saturated carbocycles. The monoisotopic (exact) mass is 423 g/mol. The number of rotatable bonds is 9. The van der Waals surface area contributed by atoms with Gasteiger partial charge in [-0.15, -0.1) is 21.5 Å². The van der Waals surface area contributed by atoms with Crippen molar-refractivity contribution in [1.29, 1.82) is 0 Å². The number of aliphatic hydroxyl groups excluding tert-OH is 1. The van der Waals surface area contributed by atoms with Gasteiger partial charge in [0.2, 0.25) is 5.89 Å². The molecule has 30 heavy (non-hydrogen) atoms. The van der Waals surface area contributed by atoms with Gasteiger partial charge in [-0.2, -0.15) is 0 Å². The van der Waals surface area contributed by atoms with Crippen LogP contribution >= 0.6 is 11.3 Å². The Morgan fingerprint density at radius 2 is 1.90 bits per heavy atom. The molecule has 0 aliphatic rings. The molecule has 1 unspecified atom stereocenters. The fourth-order valence-electron chi connectivity index (χ4n) is 3.28. The van der Waals surface area contributed by atoms with E-state index in [1.165, 1.54) is 0 Å². The fourth-order valence-corrected chi connectivity index (χ4v) is 3.92. The van der Waals surface area contributed by atoms with Crippen LogP contribution in [0.2, 0.25) is 0 Å². The summed E-state index contributed by atoms with van der Waals surface area (Å²) in [5.74, 6) is 1.85. The van der Waals surface area contributed by atoms with Crippen LogP contribution in [-0.4, -0.2) is 45.5 Å². The highest BCUT2D eigenvalue weighted by molar-refractivity contribution is 7.13. The number of aromatic nitrogens is 2. The summed E-state index contributed by atoms with van der Waals surface area (Å²) in [6.45, 7) is 5.28. The molecule has 156 valence electrons. The minimum atomic E-state index is -0.647. The molecular formula is C23H25N3O3S. The molecule has 2 aromatic heterocycles. The van der Waals surface area contributed by atoms with Crippen molar-refractivity contribution >= 4 is 22.1 Å². The van der Waals surface area contributed by atoms with Crippen LogP contribution in [-0.2, 0) is 6.54 Å². The molecule has 7 heteroatoms. The number of ether oxygens (including phenoxy) is 1. The highest BCUT2D eigenvalue weighted by Gasteiger charge is 2.19. The van der Waals surface area contributed by atoms with E-state index in [1.807, 2.05) is 60.0 Å². The summed E-state index contributed by atoms with van der Waals surface area (Å²) in [6.07, 6.45) is -0.647. The first-order valence-corrected chi connectivity index (χ1v) is 10.9. The molecule has 0 bridgehead atoms. The van der Waals surface area contributed by atoms with Crippen molar-refractivity contribution < 1.29 is 14.3 Å². The van der Waals surface area contributed by atoms with E-state index in [0.29, 0.717) is 24.9 Å². The van der Waals surface area contributed by atoms with Crippen molar-refractivity contribution in [3.63, 3.8) is 0 Å². The fraction of sp³-hybridized carbons (Fsp3) is 0.304. The number of hydrogen-bond acceptors (Lipinski definition) is 7. The molecule has 4 aromatic rings. The molecule has 0 radical (unpaired) electrons. The molecule has 0 amide bonds. The Morgan fingerprint density at radius 1 is 1.07 bits per heavy atom. The second-order valence-electron chi connectivity index (χ2n) is 7.44. The van der Waals surface area contributed by atoms with Crippen molar-refractivity contribution in [3.8, 4) is 16.5 Å². The third-order valence-corrected chi connectivity index (χ3v) is 5.75. The molecule has 1 N–H and O–H groups in total. The lowest BCUT2D eigenvalue weighted by atomic mass is 10.1. The molecule has 0 aliphatic carbocycles. The lowest BCUT2D eigenvalue weighted by Gasteiger charge is -2.27. The van der Waals surface area contributed by atoms with E-state index in [9.17, 15) is 5.11 Å². The summed E-state index contributed by atoms with van der Waals surface area (Å²) in [6, 6.07) is 18.1. The molecule has 0 saturated heterocycles. The zero-order valence-electron chi connectivity index (χ0n) is 17.1. The SMILES string of the molecule is CC(C)N(Cc1nnc(-c2cccs2)o1)CC(O)COc1cccc2ccccc12. The molecule has 2 aromatic carbocycles. The van der Waals surface area contributed by atoms with E-state index >= 15 is 0 Å². The standard InChI is InChI=1S/C23H25N3O3S/c1-16(2)26(14-22-24-25-23(29-22)21-11-6-12-30-21)13-18(27)15-28-20-10-5-8-17-7-3-4-9-19(17)20/h3-12,16,18,27H,13-15H2,1-2H3. The number of thiophene rings is 1. The Bertz CT molecular complexity index is 1070. The zero-order chi connectivity index (χ0) is 20.9. The van der Waals surface area contributed by atoms with Crippen molar-refractivity contribution in [1.82, 2.24) is 15.1 Å². The topological polar surface area (TPSA) is 71.6 Å². The van der Waals surface area contributed by atoms with E-state index in [0.717, 1.165) is 21.4 Å². The van der Waals surface area contributed by atoms with Gasteiger partial charge in [-0.25, -0.2) is 0 Å². The number of aliphatic hydroxyl groups is 1. The van der Waals surface area contributed by atoms with E-state index in [1.54, 1.807) is 11.3 Å². The first-order valence-electron chi connectivity index (χ1n) is 9.99. The van der Waals surface area contributed by atoms with Crippen LogP contribution in [0.15, 0.2) is 64.4 Å². The first-order chi connectivity index (χ1) is 14.6. The maximum atomic E-state index is 10.6. The van der Waals surface area contributed by atoms with Crippen LogP contribution in [0.5, 0.6) is 5.75 Å². The van der Waals surface area contributed by atoms with Crippen LogP contribution in [0.4, 0.5) is 0 Å².